The SMILES string of the molecule is CC(=O)OC1CN(C)C[N+]1([O-])c1nnc(C)s1. The summed E-state index contributed by atoms with van der Waals surface area (Å²) in [5, 5.41) is 21.5. The van der Waals surface area contributed by atoms with Gasteiger partial charge in [0.25, 0.3) is 6.23 Å². The molecule has 1 fully saturated rings. The zero-order valence-corrected chi connectivity index (χ0v) is 10.7. The Labute approximate surface area is 103 Å². The molecule has 1 aliphatic heterocycles. The first-order valence-electron chi connectivity index (χ1n) is 5.17. The smallest absolute Gasteiger partial charge is 0.310 e. The predicted molar refractivity (Wildman–Crippen MR) is 62.9 cm³/mol. The number of nitrogens with zero attached hydrogens (tertiary/aromatic N) is 4. The minimum Gasteiger partial charge on any atom is -0.622 e. The van der Waals surface area contributed by atoms with E-state index in [4.69, 9.17) is 4.74 Å². The van der Waals surface area contributed by atoms with Crippen LogP contribution in [0.3, 0.4) is 0 Å². The summed E-state index contributed by atoms with van der Waals surface area (Å²) in [6.45, 7) is 3.70. The Morgan fingerprint density at radius 2 is 2.35 bits per heavy atom. The average Bonchev–Trinajstić information content (AvgIpc) is 2.72. The number of aryl methyl sites for hydroxylation is 1. The fourth-order valence-electron chi connectivity index (χ4n) is 1.84. The summed E-state index contributed by atoms with van der Waals surface area (Å²) in [4.78, 5) is 12.8. The predicted octanol–water partition coefficient (Wildman–Crippen LogP) is 0.444. The van der Waals surface area contributed by atoms with Gasteiger partial charge in [-0.15, -0.1) is 5.10 Å². The number of hydrogen-bond acceptors (Lipinski definition) is 7. The second kappa shape index (κ2) is 4.30. The van der Waals surface area contributed by atoms with E-state index in [1.54, 1.807) is 6.92 Å². The van der Waals surface area contributed by atoms with Gasteiger partial charge in [0, 0.05) is 6.92 Å². The number of likely N-dealkylation sites (N-methyl/N-ethyl adjacent to an activating group) is 1. The second-order valence-corrected chi connectivity index (χ2v) is 5.30. The quantitative estimate of drug-likeness (QED) is 0.435. The number of esters is 1. The largest absolute Gasteiger partial charge is 0.622 e. The molecule has 1 aromatic heterocycles. The van der Waals surface area contributed by atoms with Crippen molar-refractivity contribution < 1.29 is 9.53 Å². The molecular weight excluding hydrogens is 244 g/mol. The van der Waals surface area contributed by atoms with Gasteiger partial charge in [-0.2, -0.15) is 0 Å². The summed E-state index contributed by atoms with van der Waals surface area (Å²) in [6.07, 6.45) is -0.759. The fourth-order valence-corrected chi connectivity index (χ4v) is 2.60. The van der Waals surface area contributed by atoms with Gasteiger partial charge >= 0.3 is 11.1 Å². The van der Waals surface area contributed by atoms with Crippen LogP contribution in [0, 0.1) is 12.1 Å². The lowest BCUT2D eigenvalue weighted by Gasteiger charge is -2.37. The molecule has 2 unspecified atom stereocenters. The normalized spacial score (nSPS) is 29.5. The molecule has 0 saturated carbocycles. The van der Waals surface area contributed by atoms with Crippen LogP contribution in [-0.2, 0) is 9.53 Å². The molecule has 0 spiro atoms. The van der Waals surface area contributed by atoms with Crippen LogP contribution < -0.4 is 4.65 Å². The Balaban J connectivity index is 2.29. The van der Waals surface area contributed by atoms with Crippen LogP contribution in [-0.4, -0.2) is 47.6 Å². The summed E-state index contributed by atoms with van der Waals surface area (Å²) in [7, 11) is 1.81. The Hall–Kier alpha value is -1.09. The van der Waals surface area contributed by atoms with Crippen LogP contribution in [0.25, 0.3) is 0 Å². The summed E-state index contributed by atoms with van der Waals surface area (Å²) < 4.78 is 4.32. The number of hydrogen-bond donors (Lipinski definition) is 0. The van der Waals surface area contributed by atoms with E-state index in [1.165, 1.54) is 18.3 Å². The number of rotatable bonds is 2. The zero-order valence-electron chi connectivity index (χ0n) is 9.91. The number of hydroxylamine groups is 2. The first-order valence-corrected chi connectivity index (χ1v) is 5.98. The van der Waals surface area contributed by atoms with E-state index >= 15 is 0 Å². The lowest BCUT2D eigenvalue weighted by atomic mass is 10.5. The highest BCUT2D eigenvalue weighted by Crippen LogP contribution is 2.33. The number of carbonyl (C=O) groups is 1. The van der Waals surface area contributed by atoms with Crippen molar-refractivity contribution >= 4 is 22.4 Å². The molecule has 7 nitrogen and oxygen atoms in total. The van der Waals surface area contributed by atoms with Crippen LogP contribution in [0.1, 0.15) is 11.9 Å². The monoisotopic (exact) mass is 258 g/mol. The van der Waals surface area contributed by atoms with E-state index in [0.717, 1.165) is 5.01 Å². The minimum absolute atomic E-state index is 0.215. The van der Waals surface area contributed by atoms with Crippen molar-refractivity contribution in [3.8, 4) is 0 Å². The molecule has 1 aromatic rings. The maximum Gasteiger partial charge on any atom is 0.310 e. The molecule has 94 valence electrons. The molecule has 0 aliphatic carbocycles. The van der Waals surface area contributed by atoms with Crippen molar-refractivity contribution in [3.63, 3.8) is 0 Å². The molecule has 2 rings (SSSR count). The van der Waals surface area contributed by atoms with Crippen molar-refractivity contribution in [2.24, 2.45) is 0 Å². The van der Waals surface area contributed by atoms with Crippen molar-refractivity contribution in [1.82, 2.24) is 19.7 Å². The Bertz CT molecular complexity index is 438. The van der Waals surface area contributed by atoms with Gasteiger partial charge in [0.05, 0.1) is 6.54 Å². The first kappa shape index (κ1) is 12.4. The third-order valence-electron chi connectivity index (χ3n) is 2.53. The summed E-state index contributed by atoms with van der Waals surface area (Å²) >= 11 is 1.24. The van der Waals surface area contributed by atoms with Crippen molar-refractivity contribution in [1.29, 1.82) is 0 Å². The number of quaternary nitrogens is 1. The Morgan fingerprint density at radius 1 is 1.65 bits per heavy atom. The van der Waals surface area contributed by atoms with Crippen molar-refractivity contribution in [3.05, 3.63) is 10.2 Å². The maximum atomic E-state index is 12.7. The van der Waals surface area contributed by atoms with Gasteiger partial charge in [-0.1, -0.05) is 5.10 Å². The average molecular weight is 258 g/mol. The van der Waals surface area contributed by atoms with E-state index < -0.39 is 16.8 Å². The van der Waals surface area contributed by atoms with E-state index in [2.05, 4.69) is 10.2 Å². The zero-order chi connectivity index (χ0) is 12.6. The summed E-state index contributed by atoms with van der Waals surface area (Å²) in [5.41, 5.74) is 0. The molecule has 17 heavy (non-hydrogen) atoms. The summed E-state index contributed by atoms with van der Waals surface area (Å²) in [6, 6.07) is 0. The minimum atomic E-state index is -0.762. The van der Waals surface area contributed by atoms with Gasteiger partial charge < -0.3 is 9.94 Å². The fraction of sp³-hybridized carbons (Fsp3) is 0.667. The molecule has 1 saturated heterocycles. The van der Waals surface area contributed by atoms with Gasteiger partial charge in [0.2, 0.25) is 0 Å². The number of aromatic nitrogens is 2. The van der Waals surface area contributed by atoms with Gasteiger partial charge in [0.15, 0.2) is 0 Å². The van der Waals surface area contributed by atoms with E-state index in [1.807, 2.05) is 11.9 Å². The van der Waals surface area contributed by atoms with Crippen molar-refractivity contribution in [2.75, 3.05) is 20.3 Å². The molecule has 0 radical (unpaired) electrons. The second-order valence-electron chi connectivity index (χ2n) is 4.14. The highest BCUT2D eigenvalue weighted by Gasteiger charge is 2.44. The Morgan fingerprint density at radius 3 is 2.88 bits per heavy atom. The maximum absolute atomic E-state index is 12.7. The van der Waals surface area contributed by atoms with E-state index in [-0.39, 0.29) is 6.67 Å². The first-order chi connectivity index (χ1) is 7.91. The standard InChI is InChI=1S/C9H14N4O3S/c1-6-10-11-9(17-6)13(15)5-12(3)4-8(13)16-7(2)14/h8H,4-5H2,1-3H3. The molecule has 2 atom stereocenters. The van der Waals surface area contributed by atoms with Crippen LogP contribution in [0.2, 0.25) is 0 Å². The highest BCUT2D eigenvalue weighted by atomic mass is 32.1. The third kappa shape index (κ3) is 2.29. The third-order valence-corrected chi connectivity index (χ3v) is 3.48. The van der Waals surface area contributed by atoms with Gasteiger partial charge in [0.1, 0.15) is 11.7 Å². The van der Waals surface area contributed by atoms with E-state index in [0.29, 0.717) is 11.7 Å². The molecular formula is C9H14N4O3S. The summed E-state index contributed by atoms with van der Waals surface area (Å²) in [5.74, 6) is -0.454. The van der Waals surface area contributed by atoms with Gasteiger partial charge in [-0.3, -0.25) is 9.44 Å². The van der Waals surface area contributed by atoms with Gasteiger partial charge in [-0.25, -0.2) is 4.90 Å². The molecule has 0 amide bonds. The molecule has 2 heterocycles. The lowest BCUT2D eigenvalue weighted by molar-refractivity contribution is -0.150. The molecule has 1 aliphatic rings. The highest BCUT2D eigenvalue weighted by molar-refractivity contribution is 7.15. The number of ether oxygens (including phenoxy) is 1. The molecule has 8 heteroatoms. The van der Waals surface area contributed by atoms with Crippen LogP contribution in [0.4, 0.5) is 5.13 Å². The van der Waals surface area contributed by atoms with Crippen LogP contribution in [0.15, 0.2) is 0 Å². The van der Waals surface area contributed by atoms with Crippen molar-refractivity contribution in [2.45, 2.75) is 20.1 Å². The van der Waals surface area contributed by atoms with Gasteiger partial charge in [-0.05, 0) is 25.3 Å². The van der Waals surface area contributed by atoms with Crippen LogP contribution in [0.5, 0.6) is 0 Å². The Kier molecular flexibility index (Phi) is 3.13. The molecule has 0 aromatic carbocycles. The molecule has 0 bridgehead atoms. The molecule has 0 N–H and O–H groups in total. The van der Waals surface area contributed by atoms with Crippen LogP contribution >= 0.6 is 11.3 Å². The lowest BCUT2D eigenvalue weighted by Crippen LogP contribution is -2.50. The number of carbonyl (C=O) groups excluding carboxylic acids is 1. The topological polar surface area (TPSA) is 78.4 Å². The van der Waals surface area contributed by atoms with E-state index in [9.17, 15) is 10.0 Å².